The van der Waals surface area contributed by atoms with Gasteiger partial charge in [0.05, 0.1) is 0 Å². The minimum atomic E-state index is -1.16. The number of nitrogens with zero attached hydrogens (tertiary/aromatic N) is 1. The van der Waals surface area contributed by atoms with Gasteiger partial charge >= 0.3 is 11.8 Å². The number of ketones is 1. The quantitative estimate of drug-likeness (QED) is 0.215. The van der Waals surface area contributed by atoms with Crippen molar-refractivity contribution in [2.75, 3.05) is 5.32 Å². The van der Waals surface area contributed by atoms with Crippen LogP contribution in [0, 0.1) is 46.3 Å². The van der Waals surface area contributed by atoms with Crippen molar-refractivity contribution in [3.05, 3.63) is 30.3 Å². The molecule has 5 N–H and O–H groups in total. The van der Waals surface area contributed by atoms with Crippen molar-refractivity contribution < 1.29 is 28.8 Å². The van der Waals surface area contributed by atoms with Crippen LogP contribution in [-0.2, 0) is 28.8 Å². The fourth-order valence-electron chi connectivity index (χ4n) is 14.5. The highest BCUT2D eigenvalue weighted by molar-refractivity contribution is 6.41. The fraction of sp³-hybridized carbons (Fsp3) is 0.727. The molecule has 10 rings (SSSR count). The van der Waals surface area contributed by atoms with E-state index in [4.69, 9.17) is 0 Å². The van der Waals surface area contributed by atoms with Crippen LogP contribution in [0.4, 0.5) is 5.69 Å². The van der Waals surface area contributed by atoms with Gasteiger partial charge in [0, 0.05) is 29.4 Å². The number of carbonyl (C=O) groups is 6. The molecule has 1 aromatic carbocycles. The zero-order chi connectivity index (χ0) is 39.2. The average molecular weight is 767 g/mol. The minimum absolute atomic E-state index is 0.0540. The lowest BCUT2D eigenvalue weighted by Gasteiger charge is -2.55. The standard InChI is InChI=1S/C44H58N6O6/c1-5-25-21-42(25,34(51)36(53)45-28-17-18-28)49-39(56)43-22-30(43)41-20-26(41)16-19-29-32-40(3,4)33(23(2)50(43)44(29,32)41)48-35(52)31(24-12-8-6-9-13-24)47-38(55)37(54)46-27-14-10-7-11-15-27/h7,10-11,14-15,23-26,28-33H,5-6,8-9,12-13,16-22H2,1-4H3,(H,45,53)(H,46,54)(H,47,55)(H,48,52)(H,49,56)/t23?,25?,26?,29-,30-,31+,32?,33-,41?,42?,43-,44?/m1/s1. The summed E-state index contributed by atoms with van der Waals surface area (Å²) in [6.45, 7) is 8.75. The van der Waals surface area contributed by atoms with Crippen molar-refractivity contribution in [2.24, 2.45) is 46.3 Å². The molecule has 7 unspecified atom stereocenters. The van der Waals surface area contributed by atoms with Crippen molar-refractivity contribution in [1.82, 2.24) is 26.2 Å². The van der Waals surface area contributed by atoms with Gasteiger partial charge in [-0.15, -0.1) is 0 Å². The van der Waals surface area contributed by atoms with E-state index in [0.717, 1.165) is 70.6 Å². The Kier molecular flexibility index (Phi) is 7.90. The minimum Gasteiger partial charge on any atom is -0.349 e. The zero-order valence-corrected chi connectivity index (χ0v) is 33.2. The van der Waals surface area contributed by atoms with Crippen LogP contribution in [0.3, 0.4) is 0 Å². The van der Waals surface area contributed by atoms with Crippen molar-refractivity contribution in [3.63, 3.8) is 0 Å². The number of anilines is 1. The van der Waals surface area contributed by atoms with Gasteiger partial charge in [-0.05, 0) is 123 Å². The van der Waals surface area contributed by atoms with E-state index < -0.39 is 40.6 Å². The number of para-hydroxylation sites is 1. The summed E-state index contributed by atoms with van der Waals surface area (Å²) < 4.78 is 0. The normalized spacial score (nSPS) is 42.2. The van der Waals surface area contributed by atoms with Gasteiger partial charge in [0.25, 0.3) is 5.91 Å². The smallest absolute Gasteiger partial charge is 0.313 e. The number of hydrogen-bond acceptors (Lipinski definition) is 7. The lowest BCUT2D eigenvalue weighted by Crippen LogP contribution is -2.71. The maximum Gasteiger partial charge on any atom is 0.313 e. The molecule has 2 heterocycles. The van der Waals surface area contributed by atoms with Crippen LogP contribution in [0.25, 0.3) is 0 Å². The van der Waals surface area contributed by atoms with Crippen LogP contribution >= 0.6 is 0 Å². The summed E-state index contributed by atoms with van der Waals surface area (Å²) in [6, 6.07) is 7.46. The highest BCUT2D eigenvalue weighted by Crippen LogP contribution is 2.95. The van der Waals surface area contributed by atoms with Crippen LogP contribution in [0.5, 0.6) is 0 Å². The summed E-state index contributed by atoms with van der Waals surface area (Å²) in [5.74, 6) is -1.83. The third-order valence-corrected chi connectivity index (χ3v) is 17.0. The summed E-state index contributed by atoms with van der Waals surface area (Å²) in [4.78, 5) is 85.9. The summed E-state index contributed by atoms with van der Waals surface area (Å²) in [6.07, 6.45) is 11.6. The van der Waals surface area contributed by atoms with Crippen LogP contribution in [0.15, 0.2) is 30.3 Å². The SMILES string of the molecule is CCC1CC1(NC(=O)[C@@]12C[C@@H]1C13CC1CC[C@@H]1C4C(C)(C)[C@H](NC(=O)[C@@H](NC(=O)C(=O)Nc5ccccc5)C5CCCCC5)C(C)N2C413)C(=O)C(=O)NC1CC1. The molecule has 1 aromatic rings. The van der Waals surface area contributed by atoms with Gasteiger partial charge in [0.1, 0.15) is 17.1 Å². The second-order valence-corrected chi connectivity index (χ2v) is 20.0. The monoisotopic (exact) mass is 766 g/mol. The first kappa shape index (κ1) is 36.5. The Labute approximate surface area is 329 Å². The largest absolute Gasteiger partial charge is 0.349 e. The van der Waals surface area contributed by atoms with Crippen LogP contribution in [0.1, 0.15) is 111 Å². The zero-order valence-electron chi connectivity index (χ0n) is 33.2. The number of Topliss-reactive ketones (excluding diaryl/α,β-unsaturated/α-hetero) is 1. The molecule has 0 aromatic heterocycles. The Morgan fingerprint density at radius 3 is 2.25 bits per heavy atom. The average Bonchev–Trinajstić information content (AvgIpc) is 3.96. The van der Waals surface area contributed by atoms with E-state index >= 15 is 4.79 Å². The van der Waals surface area contributed by atoms with E-state index in [2.05, 4.69) is 52.3 Å². The number of rotatable bonds is 11. The number of amides is 5. The molecular formula is C44H58N6O6. The van der Waals surface area contributed by atoms with Gasteiger partial charge in [-0.3, -0.25) is 33.7 Å². The van der Waals surface area contributed by atoms with Crippen molar-refractivity contribution in [1.29, 1.82) is 0 Å². The van der Waals surface area contributed by atoms with E-state index in [1.807, 2.05) is 13.0 Å². The molecule has 56 heavy (non-hydrogen) atoms. The number of fused-ring (bicyclic) bond motifs is 3. The molecule has 7 aliphatic carbocycles. The highest BCUT2D eigenvalue weighted by Gasteiger charge is 3.01. The summed E-state index contributed by atoms with van der Waals surface area (Å²) >= 11 is 0. The number of carbonyl (C=O) groups excluding carboxylic acids is 6. The van der Waals surface area contributed by atoms with E-state index in [-0.39, 0.29) is 70.0 Å². The molecule has 2 spiro atoms. The molecule has 2 aliphatic heterocycles. The van der Waals surface area contributed by atoms with Crippen LogP contribution in [-0.4, -0.2) is 81.0 Å². The van der Waals surface area contributed by atoms with E-state index in [0.29, 0.717) is 30.4 Å². The molecule has 0 radical (unpaired) electrons. The molecular weight excluding hydrogens is 709 g/mol. The molecule has 7 saturated carbocycles. The Morgan fingerprint density at radius 1 is 0.839 bits per heavy atom. The molecule has 2 saturated heterocycles. The maximum atomic E-state index is 15.1. The molecule has 12 atom stereocenters. The number of hydrogen-bond donors (Lipinski definition) is 5. The van der Waals surface area contributed by atoms with Crippen molar-refractivity contribution in [2.45, 2.75) is 152 Å². The predicted octanol–water partition coefficient (Wildman–Crippen LogP) is 3.60. The Balaban J connectivity index is 0.940. The number of piperidine rings is 2. The first-order chi connectivity index (χ1) is 26.8. The van der Waals surface area contributed by atoms with Crippen molar-refractivity contribution in [3.8, 4) is 0 Å². The van der Waals surface area contributed by atoms with Gasteiger partial charge in [-0.2, -0.15) is 0 Å². The topological polar surface area (TPSA) is 166 Å². The molecule has 12 nitrogen and oxygen atoms in total. The van der Waals surface area contributed by atoms with E-state index in [1.54, 1.807) is 24.3 Å². The van der Waals surface area contributed by atoms with Gasteiger partial charge in [0.15, 0.2) is 0 Å². The van der Waals surface area contributed by atoms with Crippen LogP contribution < -0.4 is 26.6 Å². The van der Waals surface area contributed by atoms with Gasteiger partial charge in [0.2, 0.25) is 17.6 Å². The lowest BCUT2D eigenvalue weighted by atomic mass is 9.68. The third kappa shape index (κ3) is 4.79. The molecule has 5 amide bonds. The van der Waals surface area contributed by atoms with E-state index in [9.17, 15) is 24.0 Å². The summed E-state index contributed by atoms with van der Waals surface area (Å²) in [7, 11) is 0. The maximum absolute atomic E-state index is 15.1. The Morgan fingerprint density at radius 2 is 1.57 bits per heavy atom. The molecule has 300 valence electrons. The third-order valence-electron chi connectivity index (χ3n) is 17.0. The Hall–Kier alpha value is -3.80. The summed E-state index contributed by atoms with van der Waals surface area (Å²) in [5, 5.41) is 15.2. The van der Waals surface area contributed by atoms with Crippen molar-refractivity contribution >= 4 is 41.0 Å². The predicted molar refractivity (Wildman–Crippen MR) is 206 cm³/mol. The number of nitrogens with one attached hydrogen (secondary N) is 5. The second kappa shape index (κ2) is 12.1. The summed E-state index contributed by atoms with van der Waals surface area (Å²) in [5.41, 5.74) is -1.81. The molecule has 9 fully saturated rings. The van der Waals surface area contributed by atoms with Crippen LogP contribution in [0.2, 0.25) is 0 Å². The fourth-order valence-corrected chi connectivity index (χ4v) is 14.5. The van der Waals surface area contributed by atoms with E-state index in [1.165, 1.54) is 0 Å². The molecule has 12 heteroatoms. The second-order valence-electron chi connectivity index (χ2n) is 20.0. The number of benzene rings is 1. The first-order valence-corrected chi connectivity index (χ1v) is 21.7. The van der Waals surface area contributed by atoms with Gasteiger partial charge in [-0.25, -0.2) is 0 Å². The lowest BCUT2D eigenvalue weighted by molar-refractivity contribution is -0.144. The molecule has 9 aliphatic rings. The Bertz CT molecular complexity index is 1910. The van der Waals surface area contributed by atoms with Gasteiger partial charge < -0.3 is 26.6 Å². The highest BCUT2D eigenvalue weighted by atomic mass is 16.2. The molecule has 0 bridgehead atoms. The van der Waals surface area contributed by atoms with Gasteiger partial charge in [-0.1, -0.05) is 64.7 Å². The first-order valence-electron chi connectivity index (χ1n) is 21.7.